The normalized spacial score (nSPS) is 12.6. The average molecular weight is 269 g/mol. The largest absolute Gasteiger partial charge is 0.434 e. The number of H-pyrrole nitrogens is 1. The van der Waals surface area contributed by atoms with Gasteiger partial charge < -0.3 is 4.42 Å². The first-order valence-corrected chi connectivity index (χ1v) is 5.40. The first-order chi connectivity index (χ1) is 7.25. The Kier molecular flexibility index (Phi) is 3.01. The van der Waals surface area contributed by atoms with Crippen molar-refractivity contribution in [1.29, 1.82) is 0 Å². The Bertz CT molecular complexity index is 477. The number of alkyl halides is 1. The molecule has 0 fully saturated rings. The third-order valence-electron chi connectivity index (χ3n) is 1.98. The van der Waals surface area contributed by atoms with Gasteiger partial charge in [0.15, 0.2) is 0 Å². The van der Waals surface area contributed by atoms with E-state index in [1.54, 1.807) is 0 Å². The smallest absolute Gasteiger partial charge is 0.391 e. The van der Waals surface area contributed by atoms with Gasteiger partial charge in [-0.1, -0.05) is 46.3 Å². The Labute approximate surface area is 94.4 Å². The standard InChI is InChI=1S/C10H9BrN2O2/c11-8(9-12-13-10(14)15-9)6-7-4-2-1-3-5-7/h1-5,8H,6H2,(H,13,14). The fourth-order valence-corrected chi connectivity index (χ4v) is 1.85. The maximum atomic E-state index is 10.7. The molecule has 78 valence electrons. The van der Waals surface area contributed by atoms with Gasteiger partial charge in [0.2, 0.25) is 5.89 Å². The van der Waals surface area contributed by atoms with E-state index >= 15 is 0 Å². The molecule has 1 N–H and O–H groups in total. The summed E-state index contributed by atoms with van der Waals surface area (Å²) < 4.78 is 4.85. The Balaban J connectivity index is 2.10. The summed E-state index contributed by atoms with van der Waals surface area (Å²) in [6.45, 7) is 0. The van der Waals surface area contributed by atoms with Crippen molar-refractivity contribution in [3.63, 3.8) is 0 Å². The summed E-state index contributed by atoms with van der Waals surface area (Å²) in [4.78, 5) is 10.7. The van der Waals surface area contributed by atoms with Gasteiger partial charge >= 0.3 is 5.76 Å². The quantitative estimate of drug-likeness (QED) is 0.867. The minimum absolute atomic E-state index is 0.0844. The minimum Gasteiger partial charge on any atom is -0.391 e. The highest BCUT2D eigenvalue weighted by Crippen LogP contribution is 2.23. The van der Waals surface area contributed by atoms with Gasteiger partial charge in [-0.2, -0.15) is 0 Å². The Morgan fingerprint density at radius 3 is 2.73 bits per heavy atom. The van der Waals surface area contributed by atoms with Gasteiger partial charge in [0.1, 0.15) is 0 Å². The van der Waals surface area contributed by atoms with Crippen molar-refractivity contribution in [2.75, 3.05) is 0 Å². The first kappa shape index (κ1) is 10.2. The summed E-state index contributed by atoms with van der Waals surface area (Å²) >= 11 is 3.42. The van der Waals surface area contributed by atoms with Gasteiger partial charge in [-0.05, 0) is 12.0 Å². The van der Waals surface area contributed by atoms with Crippen LogP contribution in [0.1, 0.15) is 16.3 Å². The van der Waals surface area contributed by atoms with Crippen molar-refractivity contribution < 1.29 is 4.42 Å². The van der Waals surface area contributed by atoms with E-state index in [4.69, 9.17) is 4.42 Å². The van der Waals surface area contributed by atoms with E-state index in [0.717, 1.165) is 12.0 Å². The van der Waals surface area contributed by atoms with Gasteiger partial charge in [-0.15, -0.1) is 5.10 Å². The zero-order valence-corrected chi connectivity index (χ0v) is 9.40. The van der Waals surface area contributed by atoms with Crippen molar-refractivity contribution in [3.8, 4) is 0 Å². The van der Waals surface area contributed by atoms with Crippen LogP contribution in [0.25, 0.3) is 0 Å². The average Bonchev–Trinajstić information content (AvgIpc) is 2.66. The number of nitrogens with one attached hydrogen (secondary N) is 1. The number of nitrogens with zero attached hydrogens (tertiary/aromatic N) is 1. The van der Waals surface area contributed by atoms with Gasteiger partial charge in [0.05, 0.1) is 4.83 Å². The molecule has 1 aromatic carbocycles. The number of aromatic nitrogens is 2. The lowest BCUT2D eigenvalue weighted by Crippen LogP contribution is -1.96. The Hall–Kier alpha value is -1.36. The molecule has 15 heavy (non-hydrogen) atoms. The molecule has 2 aromatic rings. The second-order valence-electron chi connectivity index (χ2n) is 3.11. The van der Waals surface area contributed by atoms with Gasteiger partial charge in [0.25, 0.3) is 0 Å². The molecule has 1 heterocycles. The molecule has 5 heteroatoms. The summed E-state index contributed by atoms with van der Waals surface area (Å²) in [6.07, 6.45) is 0.731. The van der Waals surface area contributed by atoms with Crippen LogP contribution in [0.5, 0.6) is 0 Å². The van der Waals surface area contributed by atoms with Crippen LogP contribution in [0.4, 0.5) is 0 Å². The lowest BCUT2D eigenvalue weighted by atomic mass is 10.1. The lowest BCUT2D eigenvalue weighted by Gasteiger charge is -2.04. The molecule has 0 amide bonds. The molecular formula is C10H9BrN2O2. The molecule has 0 radical (unpaired) electrons. The number of hydrogen-bond acceptors (Lipinski definition) is 3. The molecule has 0 bridgehead atoms. The van der Waals surface area contributed by atoms with Crippen molar-refractivity contribution in [3.05, 3.63) is 52.3 Å². The molecule has 2 rings (SSSR count). The van der Waals surface area contributed by atoms with Gasteiger partial charge in [-0.25, -0.2) is 9.89 Å². The van der Waals surface area contributed by atoms with Crippen LogP contribution in [0.2, 0.25) is 0 Å². The van der Waals surface area contributed by atoms with E-state index in [-0.39, 0.29) is 4.83 Å². The number of aromatic amines is 1. The predicted molar refractivity (Wildman–Crippen MR) is 58.9 cm³/mol. The molecule has 1 unspecified atom stereocenters. The van der Waals surface area contributed by atoms with Crippen molar-refractivity contribution in [1.82, 2.24) is 10.2 Å². The third-order valence-corrected chi connectivity index (χ3v) is 2.70. The number of benzene rings is 1. The predicted octanol–water partition coefficient (Wildman–Crippen LogP) is 2.04. The van der Waals surface area contributed by atoms with Crippen LogP contribution in [0, 0.1) is 0 Å². The lowest BCUT2D eigenvalue weighted by molar-refractivity contribution is 0.460. The Morgan fingerprint density at radius 2 is 2.13 bits per heavy atom. The summed E-state index contributed by atoms with van der Waals surface area (Å²) in [5, 5.41) is 5.99. The summed E-state index contributed by atoms with van der Waals surface area (Å²) in [5.74, 6) is -0.147. The van der Waals surface area contributed by atoms with Gasteiger partial charge in [-0.3, -0.25) is 0 Å². The fourth-order valence-electron chi connectivity index (χ4n) is 1.28. The fraction of sp³-hybridized carbons (Fsp3) is 0.200. The second kappa shape index (κ2) is 4.44. The highest BCUT2D eigenvalue weighted by Gasteiger charge is 2.14. The SMILES string of the molecule is O=c1[nH]nc(C(Br)Cc2ccccc2)o1. The third kappa shape index (κ3) is 2.56. The van der Waals surface area contributed by atoms with E-state index in [2.05, 4.69) is 26.1 Å². The van der Waals surface area contributed by atoms with Crippen LogP contribution >= 0.6 is 15.9 Å². The van der Waals surface area contributed by atoms with E-state index < -0.39 is 5.76 Å². The molecule has 0 saturated carbocycles. The molecule has 4 nitrogen and oxygen atoms in total. The zero-order chi connectivity index (χ0) is 10.7. The molecule has 0 spiro atoms. The van der Waals surface area contributed by atoms with Crippen molar-refractivity contribution in [2.45, 2.75) is 11.2 Å². The van der Waals surface area contributed by atoms with Crippen LogP contribution in [0.3, 0.4) is 0 Å². The topological polar surface area (TPSA) is 58.9 Å². The van der Waals surface area contributed by atoms with Crippen LogP contribution < -0.4 is 5.76 Å². The highest BCUT2D eigenvalue weighted by molar-refractivity contribution is 9.09. The molecular weight excluding hydrogens is 260 g/mol. The van der Waals surface area contributed by atoms with Crippen molar-refractivity contribution in [2.24, 2.45) is 0 Å². The van der Waals surface area contributed by atoms with E-state index in [9.17, 15) is 4.79 Å². The maximum Gasteiger partial charge on any atom is 0.434 e. The van der Waals surface area contributed by atoms with Crippen LogP contribution in [-0.4, -0.2) is 10.2 Å². The molecule has 0 aliphatic carbocycles. The monoisotopic (exact) mass is 268 g/mol. The van der Waals surface area contributed by atoms with Crippen LogP contribution in [-0.2, 0) is 6.42 Å². The summed E-state index contributed by atoms with van der Waals surface area (Å²) in [5.41, 5.74) is 1.16. The molecule has 1 aromatic heterocycles. The number of halogens is 1. The summed E-state index contributed by atoms with van der Waals surface area (Å²) in [6, 6.07) is 9.92. The summed E-state index contributed by atoms with van der Waals surface area (Å²) in [7, 11) is 0. The number of rotatable bonds is 3. The van der Waals surface area contributed by atoms with E-state index in [1.165, 1.54) is 0 Å². The van der Waals surface area contributed by atoms with E-state index in [1.807, 2.05) is 30.3 Å². The minimum atomic E-state index is -0.525. The number of hydrogen-bond donors (Lipinski definition) is 1. The Morgan fingerprint density at radius 1 is 1.40 bits per heavy atom. The molecule has 0 aliphatic heterocycles. The molecule has 0 aliphatic rings. The van der Waals surface area contributed by atoms with Gasteiger partial charge in [0, 0.05) is 0 Å². The molecule has 0 saturated heterocycles. The van der Waals surface area contributed by atoms with Crippen LogP contribution in [0.15, 0.2) is 39.5 Å². The molecule has 1 atom stereocenters. The highest BCUT2D eigenvalue weighted by atomic mass is 79.9. The van der Waals surface area contributed by atoms with E-state index in [0.29, 0.717) is 5.89 Å². The first-order valence-electron chi connectivity index (χ1n) is 4.49. The maximum absolute atomic E-state index is 10.7. The zero-order valence-electron chi connectivity index (χ0n) is 7.81. The van der Waals surface area contributed by atoms with Crippen molar-refractivity contribution >= 4 is 15.9 Å². The second-order valence-corrected chi connectivity index (χ2v) is 4.21.